The Morgan fingerprint density at radius 2 is 2.17 bits per heavy atom. The fourth-order valence-corrected chi connectivity index (χ4v) is 3.04. The molecule has 1 aliphatic carbocycles. The van der Waals surface area contributed by atoms with E-state index >= 15 is 0 Å². The van der Waals surface area contributed by atoms with Crippen molar-refractivity contribution in [2.45, 2.75) is 45.9 Å². The maximum atomic E-state index is 9.31. The first-order chi connectivity index (χ1) is 8.51. The summed E-state index contributed by atoms with van der Waals surface area (Å²) in [5.41, 5.74) is 2.30. The number of aryl methyl sites for hydroxylation is 2. The van der Waals surface area contributed by atoms with Crippen molar-refractivity contribution >= 4 is 15.9 Å². The van der Waals surface area contributed by atoms with Gasteiger partial charge in [-0.3, -0.25) is 4.68 Å². The van der Waals surface area contributed by atoms with E-state index in [2.05, 4.69) is 44.6 Å². The van der Waals surface area contributed by atoms with Crippen molar-refractivity contribution in [2.75, 3.05) is 13.6 Å². The molecule has 2 rings (SSSR count). The van der Waals surface area contributed by atoms with Gasteiger partial charge < -0.3 is 10.0 Å². The second-order valence-corrected chi connectivity index (χ2v) is 6.14. The molecule has 1 heterocycles. The standard InChI is InChI=1S/C13H22BrN3O/c1-4-17-12(13(14)9(2)15-17)8-16(3)7-10-5-11(18)6-10/h10-11,18H,4-8H2,1-3H3. The number of nitrogens with zero attached hydrogens (tertiary/aromatic N) is 3. The van der Waals surface area contributed by atoms with Crippen LogP contribution in [0, 0.1) is 12.8 Å². The van der Waals surface area contributed by atoms with Gasteiger partial charge in [0, 0.05) is 19.6 Å². The quantitative estimate of drug-likeness (QED) is 0.905. The van der Waals surface area contributed by atoms with E-state index in [1.807, 2.05) is 6.92 Å². The Labute approximate surface area is 117 Å². The lowest BCUT2D eigenvalue weighted by Crippen LogP contribution is -2.37. The summed E-state index contributed by atoms with van der Waals surface area (Å²) in [5.74, 6) is 0.655. The van der Waals surface area contributed by atoms with Crippen LogP contribution < -0.4 is 0 Å². The normalized spacial score (nSPS) is 23.4. The van der Waals surface area contributed by atoms with Gasteiger partial charge >= 0.3 is 0 Å². The molecule has 1 aromatic heterocycles. The average Bonchev–Trinajstić information content (AvgIpc) is 2.55. The first-order valence-corrected chi connectivity index (χ1v) is 7.39. The molecule has 0 bridgehead atoms. The van der Waals surface area contributed by atoms with Gasteiger partial charge in [-0.2, -0.15) is 5.10 Å². The zero-order chi connectivity index (χ0) is 13.3. The molecule has 18 heavy (non-hydrogen) atoms. The summed E-state index contributed by atoms with van der Waals surface area (Å²) in [6.45, 7) is 7.00. The summed E-state index contributed by atoms with van der Waals surface area (Å²) in [6.07, 6.45) is 1.85. The molecular formula is C13H22BrN3O. The van der Waals surface area contributed by atoms with Crippen LogP contribution in [0.4, 0.5) is 0 Å². The van der Waals surface area contributed by atoms with E-state index in [0.29, 0.717) is 5.92 Å². The van der Waals surface area contributed by atoms with Crippen LogP contribution in [0.2, 0.25) is 0 Å². The number of hydrogen-bond acceptors (Lipinski definition) is 3. The summed E-state index contributed by atoms with van der Waals surface area (Å²) in [4.78, 5) is 2.32. The molecule has 0 atom stereocenters. The zero-order valence-corrected chi connectivity index (χ0v) is 12.9. The highest BCUT2D eigenvalue weighted by atomic mass is 79.9. The highest BCUT2D eigenvalue weighted by molar-refractivity contribution is 9.10. The Hall–Kier alpha value is -0.390. The molecule has 0 unspecified atom stereocenters. The number of hydrogen-bond donors (Lipinski definition) is 1. The van der Waals surface area contributed by atoms with Crippen molar-refractivity contribution in [3.63, 3.8) is 0 Å². The molecular weight excluding hydrogens is 294 g/mol. The average molecular weight is 316 g/mol. The van der Waals surface area contributed by atoms with Crippen molar-refractivity contribution in [2.24, 2.45) is 5.92 Å². The second kappa shape index (κ2) is 5.72. The van der Waals surface area contributed by atoms with Crippen molar-refractivity contribution in [1.82, 2.24) is 14.7 Å². The molecule has 1 aromatic rings. The van der Waals surface area contributed by atoms with Crippen LogP contribution in [0.25, 0.3) is 0 Å². The maximum Gasteiger partial charge on any atom is 0.0739 e. The molecule has 1 aliphatic rings. The van der Waals surface area contributed by atoms with E-state index in [1.54, 1.807) is 0 Å². The van der Waals surface area contributed by atoms with Crippen molar-refractivity contribution in [1.29, 1.82) is 0 Å². The van der Waals surface area contributed by atoms with Crippen LogP contribution in [0.3, 0.4) is 0 Å². The van der Waals surface area contributed by atoms with Crippen LogP contribution in [-0.2, 0) is 13.1 Å². The van der Waals surface area contributed by atoms with E-state index in [4.69, 9.17) is 0 Å². The number of rotatable bonds is 5. The van der Waals surface area contributed by atoms with Gasteiger partial charge in [0.15, 0.2) is 0 Å². The molecule has 0 radical (unpaired) electrons. The van der Waals surface area contributed by atoms with Crippen LogP contribution in [0.1, 0.15) is 31.2 Å². The van der Waals surface area contributed by atoms with Gasteiger partial charge in [0.05, 0.1) is 22.0 Å². The highest BCUT2D eigenvalue weighted by Crippen LogP contribution is 2.28. The third kappa shape index (κ3) is 2.95. The Morgan fingerprint density at radius 1 is 1.50 bits per heavy atom. The lowest BCUT2D eigenvalue weighted by Gasteiger charge is -2.34. The Morgan fingerprint density at radius 3 is 2.72 bits per heavy atom. The van der Waals surface area contributed by atoms with E-state index in [1.165, 1.54) is 5.69 Å². The molecule has 1 fully saturated rings. The summed E-state index contributed by atoms with van der Waals surface area (Å²) in [7, 11) is 2.14. The minimum absolute atomic E-state index is 0.0569. The predicted molar refractivity (Wildman–Crippen MR) is 75.4 cm³/mol. The topological polar surface area (TPSA) is 41.3 Å². The zero-order valence-electron chi connectivity index (χ0n) is 11.4. The molecule has 102 valence electrons. The summed E-state index contributed by atoms with van der Waals surface area (Å²) >= 11 is 3.63. The maximum absolute atomic E-state index is 9.31. The van der Waals surface area contributed by atoms with Crippen molar-refractivity contribution in [3.05, 3.63) is 15.9 Å². The molecule has 0 aliphatic heterocycles. The minimum atomic E-state index is -0.0569. The van der Waals surface area contributed by atoms with Crippen LogP contribution in [-0.4, -0.2) is 39.5 Å². The molecule has 5 heteroatoms. The lowest BCUT2D eigenvalue weighted by atomic mass is 9.82. The van der Waals surface area contributed by atoms with Gasteiger partial charge in [0.25, 0.3) is 0 Å². The number of aliphatic hydroxyl groups excluding tert-OH is 1. The van der Waals surface area contributed by atoms with Gasteiger partial charge in [0.2, 0.25) is 0 Å². The van der Waals surface area contributed by atoms with Crippen molar-refractivity contribution < 1.29 is 5.11 Å². The summed E-state index contributed by atoms with van der Waals surface area (Å²) < 4.78 is 3.19. The predicted octanol–water partition coefficient (Wildman–Crippen LogP) is 2.18. The van der Waals surface area contributed by atoms with Crippen LogP contribution >= 0.6 is 15.9 Å². The summed E-state index contributed by atoms with van der Waals surface area (Å²) in [6, 6.07) is 0. The third-order valence-electron chi connectivity index (χ3n) is 3.65. The van der Waals surface area contributed by atoms with Crippen LogP contribution in [0.15, 0.2) is 4.47 Å². The van der Waals surface area contributed by atoms with Crippen LogP contribution in [0.5, 0.6) is 0 Å². The molecule has 1 N–H and O–H groups in total. The van der Waals surface area contributed by atoms with Gasteiger partial charge in [-0.15, -0.1) is 0 Å². The monoisotopic (exact) mass is 315 g/mol. The molecule has 1 saturated carbocycles. The third-order valence-corrected chi connectivity index (χ3v) is 4.68. The van der Waals surface area contributed by atoms with Gasteiger partial charge in [-0.1, -0.05) is 0 Å². The first kappa shape index (κ1) is 14.0. The molecule has 4 nitrogen and oxygen atoms in total. The number of halogens is 1. The molecule has 0 aromatic carbocycles. The second-order valence-electron chi connectivity index (χ2n) is 5.35. The van der Waals surface area contributed by atoms with E-state index in [-0.39, 0.29) is 6.10 Å². The molecule has 0 amide bonds. The Bertz CT molecular complexity index is 413. The summed E-state index contributed by atoms with van der Waals surface area (Å²) in [5, 5.41) is 13.8. The minimum Gasteiger partial charge on any atom is -0.393 e. The number of aromatic nitrogens is 2. The van der Waals surface area contributed by atoms with Gasteiger partial charge in [-0.25, -0.2) is 0 Å². The van der Waals surface area contributed by atoms with Crippen molar-refractivity contribution in [3.8, 4) is 0 Å². The molecule has 0 spiro atoms. The van der Waals surface area contributed by atoms with E-state index in [0.717, 1.165) is 42.6 Å². The lowest BCUT2D eigenvalue weighted by molar-refractivity contribution is 0.0270. The van der Waals surface area contributed by atoms with E-state index in [9.17, 15) is 5.11 Å². The number of aliphatic hydroxyl groups is 1. The van der Waals surface area contributed by atoms with Gasteiger partial charge in [0.1, 0.15) is 0 Å². The highest BCUT2D eigenvalue weighted by Gasteiger charge is 2.28. The molecule has 0 saturated heterocycles. The first-order valence-electron chi connectivity index (χ1n) is 6.59. The fraction of sp³-hybridized carbons (Fsp3) is 0.769. The smallest absolute Gasteiger partial charge is 0.0739 e. The van der Waals surface area contributed by atoms with Gasteiger partial charge in [-0.05, 0) is 55.6 Å². The Kier molecular flexibility index (Phi) is 4.45. The fourth-order valence-electron chi connectivity index (χ4n) is 2.63. The Balaban J connectivity index is 1.95. The largest absolute Gasteiger partial charge is 0.393 e. The SMILES string of the molecule is CCn1nc(C)c(Br)c1CN(C)CC1CC(O)C1. The van der Waals surface area contributed by atoms with E-state index < -0.39 is 0 Å².